The van der Waals surface area contributed by atoms with Crippen LogP contribution in [-0.4, -0.2) is 24.5 Å². The number of oxazole rings is 1. The summed E-state index contributed by atoms with van der Waals surface area (Å²) in [5, 5.41) is 5.92. The van der Waals surface area contributed by atoms with Gasteiger partial charge in [-0.1, -0.05) is 0 Å². The van der Waals surface area contributed by atoms with E-state index in [1.165, 1.54) is 0 Å². The molecule has 0 atom stereocenters. The smallest absolute Gasteiger partial charge is 0.300 e. The Kier molecular flexibility index (Phi) is 5.15. The van der Waals surface area contributed by atoms with Crippen LogP contribution in [0.3, 0.4) is 0 Å². The predicted molar refractivity (Wildman–Crippen MR) is 97.2 cm³/mol. The fourth-order valence-electron chi connectivity index (χ4n) is 2.33. The molecule has 25 heavy (non-hydrogen) atoms. The zero-order valence-electron chi connectivity index (χ0n) is 13.9. The third kappa shape index (κ3) is 4.27. The summed E-state index contributed by atoms with van der Waals surface area (Å²) >= 11 is 0. The van der Waals surface area contributed by atoms with Crippen molar-refractivity contribution >= 4 is 34.4 Å². The Bertz CT molecular complexity index is 858. The van der Waals surface area contributed by atoms with Crippen LogP contribution in [0.5, 0.6) is 5.75 Å². The standard InChI is InChI=1S/C18H20N4O3/c1-24-14-8-9-16-15(11-14)22-18(25-16)21-13-6-4-12(5-7-13)20-17(23)3-2-10-19/h4-9,11H,2-3,10,19H2,1H3,(H,20,23)(H,21,22). The summed E-state index contributed by atoms with van der Waals surface area (Å²) in [7, 11) is 1.61. The van der Waals surface area contributed by atoms with Crippen LogP contribution < -0.4 is 21.1 Å². The number of nitrogens with zero attached hydrogens (tertiary/aromatic N) is 1. The molecule has 0 radical (unpaired) electrons. The number of carbonyl (C=O) groups is 1. The number of nitrogens with two attached hydrogens (primary N) is 1. The van der Waals surface area contributed by atoms with Gasteiger partial charge in [0.15, 0.2) is 5.58 Å². The highest BCUT2D eigenvalue weighted by Gasteiger charge is 2.07. The normalized spacial score (nSPS) is 10.6. The van der Waals surface area contributed by atoms with Gasteiger partial charge in [-0.25, -0.2) is 0 Å². The second-order valence-electron chi connectivity index (χ2n) is 5.50. The quantitative estimate of drug-likeness (QED) is 0.610. The van der Waals surface area contributed by atoms with E-state index in [1.807, 2.05) is 42.5 Å². The van der Waals surface area contributed by atoms with Gasteiger partial charge in [-0.3, -0.25) is 4.79 Å². The number of benzene rings is 2. The molecule has 0 saturated heterocycles. The molecule has 4 N–H and O–H groups in total. The number of ether oxygens (including phenoxy) is 1. The Morgan fingerprint density at radius 1 is 1.20 bits per heavy atom. The fraction of sp³-hybridized carbons (Fsp3) is 0.222. The molecule has 1 aromatic heterocycles. The van der Waals surface area contributed by atoms with Crippen LogP contribution in [0.1, 0.15) is 12.8 Å². The van der Waals surface area contributed by atoms with E-state index < -0.39 is 0 Å². The number of rotatable bonds is 7. The average Bonchev–Trinajstić information content (AvgIpc) is 3.02. The van der Waals surface area contributed by atoms with Gasteiger partial charge in [-0.15, -0.1) is 0 Å². The van der Waals surface area contributed by atoms with Crippen LogP contribution in [-0.2, 0) is 4.79 Å². The first kappa shape index (κ1) is 16.8. The van der Waals surface area contributed by atoms with E-state index in [1.54, 1.807) is 7.11 Å². The molecule has 1 amide bonds. The van der Waals surface area contributed by atoms with Crippen molar-refractivity contribution in [3.05, 3.63) is 42.5 Å². The third-order valence-electron chi connectivity index (χ3n) is 3.62. The van der Waals surface area contributed by atoms with Crippen molar-refractivity contribution in [2.24, 2.45) is 5.73 Å². The van der Waals surface area contributed by atoms with Crippen LogP contribution in [0, 0.1) is 0 Å². The second kappa shape index (κ2) is 7.67. The van der Waals surface area contributed by atoms with Gasteiger partial charge >= 0.3 is 0 Å². The highest BCUT2D eigenvalue weighted by atomic mass is 16.5. The average molecular weight is 340 g/mol. The lowest BCUT2D eigenvalue weighted by Gasteiger charge is -2.06. The predicted octanol–water partition coefficient (Wildman–Crippen LogP) is 3.26. The van der Waals surface area contributed by atoms with Crippen molar-refractivity contribution in [3.8, 4) is 5.75 Å². The molecular weight excluding hydrogens is 320 g/mol. The minimum atomic E-state index is -0.0425. The van der Waals surface area contributed by atoms with Gasteiger partial charge in [0.2, 0.25) is 5.91 Å². The Balaban J connectivity index is 1.66. The first-order valence-electron chi connectivity index (χ1n) is 7.99. The molecule has 2 aromatic carbocycles. The van der Waals surface area contributed by atoms with E-state index in [-0.39, 0.29) is 5.91 Å². The zero-order valence-corrected chi connectivity index (χ0v) is 13.9. The molecule has 3 aromatic rings. The number of hydrogen-bond acceptors (Lipinski definition) is 6. The summed E-state index contributed by atoms with van der Waals surface area (Å²) in [6.45, 7) is 0.507. The molecule has 7 nitrogen and oxygen atoms in total. The van der Waals surface area contributed by atoms with Gasteiger partial charge in [0, 0.05) is 23.9 Å². The molecule has 0 aliphatic carbocycles. The van der Waals surface area contributed by atoms with Crippen molar-refractivity contribution < 1.29 is 13.9 Å². The van der Waals surface area contributed by atoms with Crippen LogP contribution >= 0.6 is 0 Å². The number of carbonyl (C=O) groups excluding carboxylic acids is 1. The van der Waals surface area contributed by atoms with Crippen molar-refractivity contribution in [1.82, 2.24) is 4.98 Å². The molecule has 0 fully saturated rings. The molecule has 3 rings (SSSR count). The Morgan fingerprint density at radius 2 is 1.96 bits per heavy atom. The zero-order chi connectivity index (χ0) is 17.6. The minimum absolute atomic E-state index is 0.0425. The van der Waals surface area contributed by atoms with Crippen LogP contribution in [0.25, 0.3) is 11.1 Å². The largest absolute Gasteiger partial charge is 0.497 e. The van der Waals surface area contributed by atoms with Gasteiger partial charge in [-0.05, 0) is 49.4 Å². The summed E-state index contributed by atoms with van der Waals surface area (Å²) in [6, 6.07) is 13.1. The first-order valence-corrected chi connectivity index (χ1v) is 7.99. The van der Waals surface area contributed by atoms with Crippen LogP contribution in [0.2, 0.25) is 0 Å². The number of aromatic nitrogens is 1. The van der Waals surface area contributed by atoms with Crippen molar-refractivity contribution in [2.45, 2.75) is 12.8 Å². The summed E-state index contributed by atoms with van der Waals surface area (Å²) in [6.07, 6.45) is 1.09. The summed E-state index contributed by atoms with van der Waals surface area (Å²) in [4.78, 5) is 16.1. The highest BCUT2D eigenvalue weighted by Crippen LogP contribution is 2.25. The molecule has 0 saturated carbocycles. The number of anilines is 3. The molecule has 0 aliphatic rings. The molecule has 130 valence electrons. The minimum Gasteiger partial charge on any atom is -0.497 e. The fourth-order valence-corrected chi connectivity index (χ4v) is 2.33. The lowest BCUT2D eigenvalue weighted by atomic mass is 10.2. The van der Waals surface area contributed by atoms with E-state index in [2.05, 4.69) is 15.6 Å². The number of hydrogen-bond donors (Lipinski definition) is 3. The van der Waals surface area contributed by atoms with Crippen molar-refractivity contribution in [1.29, 1.82) is 0 Å². The summed E-state index contributed by atoms with van der Waals surface area (Å²) in [5.74, 6) is 0.682. The molecule has 7 heteroatoms. The van der Waals surface area contributed by atoms with E-state index in [9.17, 15) is 4.79 Å². The van der Waals surface area contributed by atoms with Gasteiger partial charge in [0.25, 0.3) is 6.01 Å². The van der Waals surface area contributed by atoms with Gasteiger partial charge in [0.05, 0.1) is 7.11 Å². The lowest BCUT2D eigenvalue weighted by molar-refractivity contribution is -0.116. The van der Waals surface area contributed by atoms with Crippen LogP contribution in [0.4, 0.5) is 17.4 Å². The summed E-state index contributed by atoms with van der Waals surface area (Å²) in [5.41, 5.74) is 8.32. The summed E-state index contributed by atoms with van der Waals surface area (Å²) < 4.78 is 10.8. The van der Waals surface area contributed by atoms with Crippen molar-refractivity contribution in [3.63, 3.8) is 0 Å². The number of fused-ring (bicyclic) bond motifs is 1. The molecule has 0 spiro atoms. The highest BCUT2D eigenvalue weighted by molar-refractivity contribution is 5.90. The molecule has 0 aliphatic heterocycles. The van der Waals surface area contributed by atoms with Gasteiger partial charge in [-0.2, -0.15) is 4.98 Å². The Morgan fingerprint density at radius 3 is 2.68 bits per heavy atom. The third-order valence-corrected chi connectivity index (χ3v) is 3.62. The SMILES string of the molecule is COc1ccc2oc(Nc3ccc(NC(=O)CCCN)cc3)nc2c1. The van der Waals surface area contributed by atoms with Gasteiger partial charge in [0.1, 0.15) is 11.3 Å². The topological polar surface area (TPSA) is 102 Å². The molecular formula is C18H20N4O3. The lowest BCUT2D eigenvalue weighted by Crippen LogP contribution is -2.13. The van der Waals surface area contributed by atoms with E-state index in [0.717, 1.165) is 17.1 Å². The molecule has 1 heterocycles. The van der Waals surface area contributed by atoms with E-state index in [0.29, 0.717) is 36.5 Å². The number of amides is 1. The maximum Gasteiger partial charge on any atom is 0.300 e. The Labute approximate surface area is 145 Å². The monoisotopic (exact) mass is 340 g/mol. The first-order chi connectivity index (χ1) is 12.2. The number of nitrogens with one attached hydrogen (secondary N) is 2. The maximum absolute atomic E-state index is 11.7. The van der Waals surface area contributed by atoms with E-state index in [4.69, 9.17) is 14.9 Å². The van der Waals surface area contributed by atoms with E-state index >= 15 is 0 Å². The van der Waals surface area contributed by atoms with Crippen LogP contribution in [0.15, 0.2) is 46.9 Å². The molecule has 0 unspecified atom stereocenters. The van der Waals surface area contributed by atoms with Gasteiger partial charge < -0.3 is 25.5 Å². The van der Waals surface area contributed by atoms with Crippen molar-refractivity contribution in [2.75, 3.05) is 24.3 Å². The number of methoxy groups -OCH3 is 1. The Hall–Kier alpha value is -3.06. The second-order valence-corrected chi connectivity index (χ2v) is 5.50. The molecule has 0 bridgehead atoms. The maximum atomic E-state index is 11.7.